The van der Waals surface area contributed by atoms with Crippen LogP contribution in [0.3, 0.4) is 0 Å². The van der Waals surface area contributed by atoms with Gasteiger partial charge in [-0.05, 0) is 41.5 Å². The van der Waals surface area contributed by atoms with E-state index in [4.69, 9.17) is 16.5 Å². The highest BCUT2D eigenvalue weighted by Gasteiger charge is 2.35. The fourth-order valence-electron chi connectivity index (χ4n) is 6.07. The Balaban J connectivity index is 1.42. The van der Waals surface area contributed by atoms with Crippen LogP contribution in [0.1, 0.15) is 10.7 Å². The van der Waals surface area contributed by atoms with Crippen molar-refractivity contribution in [3.8, 4) is 11.4 Å². The maximum Gasteiger partial charge on any atom is 0.112 e. The van der Waals surface area contributed by atoms with Gasteiger partial charge in [-0.2, -0.15) is 0 Å². The van der Waals surface area contributed by atoms with E-state index in [0.29, 0.717) is 16.2 Å². The molecule has 0 bridgehead atoms. The number of rotatable bonds is 3. The summed E-state index contributed by atoms with van der Waals surface area (Å²) in [5, 5.41) is 1.86. The van der Waals surface area contributed by atoms with Crippen LogP contribution in [0.25, 0.3) is 33.3 Å². The molecule has 2 aliphatic heterocycles. The van der Waals surface area contributed by atoms with Crippen LogP contribution in [0, 0.1) is 0 Å². The molecular formula is C31H25N5S2. The second-order valence-corrected chi connectivity index (χ2v) is 12.4. The molecule has 4 aliphatic rings. The number of hydrogen-bond acceptors (Lipinski definition) is 5. The Labute approximate surface area is 229 Å². The predicted octanol–water partition coefficient (Wildman–Crippen LogP) is 7.16. The van der Waals surface area contributed by atoms with Gasteiger partial charge < -0.3 is 20.6 Å². The van der Waals surface area contributed by atoms with Crippen LogP contribution in [-0.4, -0.2) is 24.6 Å². The normalized spacial score (nSPS) is 25.3. The molecule has 0 saturated heterocycles. The van der Waals surface area contributed by atoms with E-state index in [1.807, 2.05) is 35.8 Å². The molecular weight excluding hydrogens is 507 g/mol. The summed E-state index contributed by atoms with van der Waals surface area (Å²) in [6.45, 7) is 0. The van der Waals surface area contributed by atoms with Gasteiger partial charge >= 0.3 is 0 Å². The van der Waals surface area contributed by atoms with Crippen molar-refractivity contribution >= 4 is 56.8 Å². The number of pyridine rings is 1. The van der Waals surface area contributed by atoms with Gasteiger partial charge in [0.2, 0.25) is 0 Å². The van der Waals surface area contributed by atoms with Gasteiger partial charge in [0.1, 0.15) is 16.3 Å². The van der Waals surface area contributed by atoms with Crippen molar-refractivity contribution in [3.63, 3.8) is 0 Å². The molecule has 186 valence electrons. The van der Waals surface area contributed by atoms with Crippen LogP contribution in [0.15, 0.2) is 115 Å². The molecule has 4 N–H and O–H groups in total. The molecule has 0 amide bonds. The Bertz CT molecular complexity index is 1700. The van der Waals surface area contributed by atoms with Gasteiger partial charge in [-0.25, -0.2) is 0 Å². The average Bonchev–Trinajstić information content (AvgIpc) is 3.70. The van der Waals surface area contributed by atoms with Crippen LogP contribution >= 0.6 is 23.5 Å². The number of para-hydroxylation sites is 1. The van der Waals surface area contributed by atoms with E-state index in [1.165, 1.54) is 11.1 Å². The third-order valence-corrected chi connectivity index (χ3v) is 10.4. The Morgan fingerprint density at radius 2 is 1.29 bits per heavy atom. The van der Waals surface area contributed by atoms with E-state index in [0.717, 1.165) is 39.0 Å². The molecule has 4 atom stereocenters. The Morgan fingerprint density at radius 3 is 1.97 bits per heavy atom. The van der Waals surface area contributed by atoms with E-state index in [-0.39, 0.29) is 10.7 Å². The summed E-state index contributed by atoms with van der Waals surface area (Å²) in [5.41, 5.74) is 23.0. The monoisotopic (exact) mass is 531 g/mol. The molecule has 3 aromatic heterocycles. The number of anilines is 2. The molecule has 7 heteroatoms. The van der Waals surface area contributed by atoms with Crippen molar-refractivity contribution in [1.29, 1.82) is 0 Å². The Morgan fingerprint density at radius 1 is 0.684 bits per heavy atom. The molecule has 0 radical (unpaired) electrons. The van der Waals surface area contributed by atoms with E-state index in [9.17, 15) is 0 Å². The Kier molecular flexibility index (Phi) is 4.88. The summed E-state index contributed by atoms with van der Waals surface area (Å²) in [4.78, 5) is 4.73. The summed E-state index contributed by atoms with van der Waals surface area (Å²) >= 11 is 3.84. The number of fused-ring (bicyclic) bond motifs is 4. The summed E-state index contributed by atoms with van der Waals surface area (Å²) in [5.74, 6) is 0. The van der Waals surface area contributed by atoms with Crippen LogP contribution < -0.4 is 11.5 Å². The van der Waals surface area contributed by atoms with E-state index < -0.39 is 0 Å². The first-order valence-corrected chi connectivity index (χ1v) is 14.6. The zero-order valence-electron chi connectivity index (χ0n) is 20.4. The molecule has 8 rings (SSSR count). The SMILES string of the molecule is Nc1c(-c2c(N)c3ncccc3n2C2C=C3C=CC=CC3S2)n(C2C=C3C=CC=CC3S2)c2ccccc12. The first-order chi connectivity index (χ1) is 18.7. The van der Waals surface area contributed by atoms with E-state index >= 15 is 0 Å². The topological polar surface area (TPSA) is 74.8 Å². The van der Waals surface area contributed by atoms with Crippen molar-refractivity contribution in [1.82, 2.24) is 14.1 Å². The first-order valence-electron chi connectivity index (χ1n) is 12.8. The number of nitrogen functional groups attached to an aromatic ring is 2. The number of benzene rings is 1. The summed E-state index contributed by atoms with van der Waals surface area (Å²) < 4.78 is 4.75. The van der Waals surface area contributed by atoms with E-state index in [1.54, 1.807) is 0 Å². The quantitative estimate of drug-likeness (QED) is 0.294. The van der Waals surface area contributed by atoms with Crippen LogP contribution in [-0.2, 0) is 0 Å². The first kappa shape index (κ1) is 22.2. The molecule has 5 heterocycles. The number of hydrogen-bond donors (Lipinski definition) is 2. The minimum absolute atomic E-state index is 0.0651. The molecule has 5 nitrogen and oxygen atoms in total. The molecule has 0 fully saturated rings. The molecule has 0 spiro atoms. The highest BCUT2D eigenvalue weighted by molar-refractivity contribution is 8.01. The minimum atomic E-state index is 0.0651. The number of allylic oxidation sites excluding steroid dienone is 6. The smallest absolute Gasteiger partial charge is 0.112 e. The minimum Gasteiger partial charge on any atom is -0.396 e. The van der Waals surface area contributed by atoms with Crippen molar-refractivity contribution in [2.45, 2.75) is 21.2 Å². The zero-order chi connectivity index (χ0) is 25.4. The fourth-order valence-corrected chi connectivity index (χ4v) is 8.81. The molecule has 0 saturated carbocycles. The van der Waals surface area contributed by atoms with Gasteiger partial charge in [-0.15, -0.1) is 23.5 Å². The van der Waals surface area contributed by atoms with Crippen LogP contribution in [0.5, 0.6) is 0 Å². The number of aromatic nitrogens is 3. The van der Waals surface area contributed by atoms with Gasteiger partial charge in [0, 0.05) is 11.6 Å². The largest absolute Gasteiger partial charge is 0.396 e. The van der Waals surface area contributed by atoms with Crippen molar-refractivity contribution in [2.24, 2.45) is 0 Å². The maximum absolute atomic E-state index is 7.05. The maximum atomic E-state index is 7.05. The lowest BCUT2D eigenvalue weighted by Gasteiger charge is -2.22. The second kappa shape index (κ2) is 8.35. The predicted molar refractivity (Wildman–Crippen MR) is 163 cm³/mol. The van der Waals surface area contributed by atoms with Crippen LogP contribution in [0.2, 0.25) is 0 Å². The van der Waals surface area contributed by atoms with Gasteiger partial charge in [0.05, 0.1) is 44.3 Å². The summed E-state index contributed by atoms with van der Waals surface area (Å²) in [6.07, 6.45) is 24.0. The molecule has 4 aromatic rings. The average molecular weight is 532 g/mol. The second-order valence-electron chi connectivity index (χ2n) is 9.87. The van der Waals surface area contributed by atoms with Gasteiger partial charge in [-0.3, -0.25) is 4.98 Å². The van der Waals surface area contributed by atoms with Crippen molar-refractivity contribution < 1.29 is 0 Å². The lowest BCUT2D eigenvalue weighted by Crippen LogP contribution is -2.11. The van der Waals surface area contributed by atoms with Gasteiger partial charge in [-0.1, -0.05) is 66.8 Å². The highest BCUT2D eigenvalue weighted by atomic mass is 32.2. The lowest BCUT2D eigenvalue weighted by atomic mass is 10.1. The van der Waals surface area contributed by atoms with Crippen molar-refractivity contribution in [3.05, 3.63) is 115 Å². The van der Waals surface area contributed by atoms with E-state index in [2.05, 4.69) is 100 Å². The number of thioether (sulfide) groups is 2. The molecule has 4 unspecified atom stereocenters. The number of nitrogens with zero attached hydrogens (tertiary/aromatic N) is 3. The highest BCUT2D eigenvalue weighted by Crippen LogP contribution is 2.53. The fraction of sp³-hybridized carbons (Fsp3) is 0.129. The standard InChI is InChI=1S/C31H25N5S2/c32-27-20-10-3-4-11-21(20)35(25-16-18-8-1-5-13-23(18)37-25)30(27)31-28(33)29-22(12-7-15-34-29)36(31)26-17-19-9-2-6-14-24(19)38-26/h1-17,23-26H,32-33H2. The van der Waals surface area contributed by atoms with Crippen molar-refractivity contribution in [2.75, 3.05) is 11.5 Å². The summed E-state index contributed by atoms with van der Waals surface area (Å²) in [7, 11) is 0. The third kappa shape index (κ3) is 3.12. The molecule has 1 aromatic carbocycles. The summed E-state index contributed by atoms with van der Waals surface area (Å²) in [6, 6.07) is 12.5. The Hall–Kier alpha value is -3.81. The third-order valence-electron chi connectivity index (χ3n) is 7.75. The van der Waals surface area contributed by atoms with Crippen LogP contribution in [0.4, 0.5) is 11.4 Å². The molecule has 2 aliphatic carbocycles. The lowest BCUT2D eigenvalue weighted by molar-refractivity contribution is 0.813. The molecule has 38 heavy (non-hydrogen) atoms. The number of nitrogens with two attached hydrogens (primary N) is 2. The van der Waals surface area contributed by atoms with Gasteiger partial charge in [0.15, 0.2) is 0 Å². The van der Waals surface area contributed by atoms with Gasteiger partial charge in [0.25, 0.3) is 0 Å². The zero-order valence-corrected chi connectivity index (χ0v) is 22.1.